The molecule has 132 valence electrons. The van der Waals surface area contributed by atoms with Crippen LogP contribution in [0.15, 0.2) is 24.3 Å². The Morgan fingerprint density at radius 3 is 2.21 bits per heavy atom. The van der Waals surface area contributed by atoms with Crippen LogP contribution < -0.4 is 10.6 Å². The smallest absolute Gasteiger partial charge is 0.426 e. The van der Waals surface area contributed by atoms with E-state index in [-0.39, 0.29) is 24.3 Å². The third-order valence-electron chi connectivity index (χ3n) is 3.74. The fourth-order valence-electron chi connectivity index (χ4n) is 2.23. The fourth-order valence-corrected chi connectivity index (χ4v) is 2.23. The van der Waals surface area contributed by atoms with Gasteiger partial charge in [-0.25, -0.2) is 0 Å². The lowest BCUT2D eigenvalue weighted by Gasteiger charge is -2.22. The first-order valence-electron chi connectivity index (χ1n) is 8.22. The number of benzene rings is 1. The molecule has 0 fully saturated rings. The Balaban J connectivity index is 2.51. The minimum atomic E-state index is -1.61. The highest BCUT2D eigenvalue weighted by atomic mass is 16.4. The zero-order chi connectivity index (χ0) is 18.3. The summed E-state index contributed by atoms with van der Waals surface area (Å²) >= 11 is 0. The average molecular weight is 334 g/mol. The largest absolute Gasteiger partial charge is 0.475 e. The number of nitrogens with one attached hydrogen (secondary N) is 2. The van der Waals surface area contributed by atoms with Crippen LogP contribution in [0.3, 0.4) is 0 Å². The molecule has 0 radical (unpaired) electrons. The summed E-state index contributed by atoms with van der Waals surface area (Å²) in [6.07, 6.45) is 0.464. The lowest BCUT2D eigenvalue weighted by Crippen LogP contribution is -2.50. The van der Waals surface area contributed by atoms with Crippen molar-refractivity contribution in [3.63, 3.8) is 0 Å². The molecular weight excluding hydrogens is 307 g/mol. The summed E-state index contributed by atoms with van der Waals surface area (Å²) in [6.45, 7) is 7.67. The molecule has 0 aliphatic heterocycles. The lowest BCUT2D eigenvalue weighted by molar-refractivity contribution is -0.124. The first-order chi connectivity index (χ1) is 11.2. The van der Waals surface area contributed by atoms with E-state index in [4.69, 9.17) is 0 Å². The minimum absolute atomic E-state index is 0.175. The Hall–Kier alpha value is -1.86. The molecule has 0 aromatic heterocycles. The van der Waals surface area contributed by atoms with Crippen molar-refractivity contribution in [1.82, 2.24) is 10.6 Å². The van der Waals surface area contributed by atoms with E-state index < -0.39 is 19.0 Å². The number of carbonyl (C=O) groups excluding carboxylic acids is 2. The number of hydrogen-bond acceptors (Lipinski definition) is 4. The van der Waals surface area contributed by atoms with Crippen LogP contribution in [0.4, 0.5) is 0 Å². The van der Waals surface area contributed by atoms with Crippen LogP contribution in [-0.2, 0) is 4.79 Å². The quantitative estimate of drug-likeness (QED) is 0.531. The van der Waals surface area contributed by atoms with Gasteiger partial charge < -0.3 is 20.7 Å². The van der Waals surface area contributed by atoms with Crippen molar-refractivity contribution in [3.05, 3.63) is 35.4 Å². The van der Waals surface area contributed by atoms with Gasteiger partial charge in [-0.15, -0.1) is 0 Å². The maximum Gasteiger partial charge on any atom is 0.475 e. The third-order valence-corrected chi connectivity index (χ3v) is 3.74. The van der Waals surface area contributed by atoms with Gasteiger partial charge in [0.1, 0.15) is 0 Å². The molecule has 2 atom stereocenters. The van der Waals surface area contributed by atoms with E-state index in [1.54, 1.807) is 19.1 Å². The van der Waals surface area contributed by atoms with Gasteiger partial charge in [0, 0.05) is 12.1 Å². The summed E-state index contributed by atoms with van der Waals surface area (Å²) in [7, 11) is -1.61. The second-order valence-corrected chi connectivity index (χ2v) is 6.64. The molecule has 0 saturated heterocycles. The van der Waals surface area contributed by atoms with Crippen molar-refractivity contribution in [2.24, 2.45) is 11.8 Å². The molecule has 1 aromatic carbocycles. The second kappa shape index (κ2) is 9.44. The molecule has 0 saturated carbocycles. The Morgan fingerprint density at radius 2 is 1.71 bits per heavy atom. The Morgan fingerprint density at radius 1 is 1.12 bits per heavy atom. The molecular formula is C17H27BN2O4. The van der Waals surface area contributed by atoms with Gasteiger partial charge in [0.15, 0.2) is 0 Å². The molecule has 0 bridgehead atoms. The van der Waals surface area contributed by atoms with Gasteiger partial charge in [0.05, 0.1) is 11.9 Å². The van der Waals surface area contributed by atoms with Crippen LogP contribution in [0, 0.1) is 18.8 Å². The zero-order valence-electron chi connectivity index (χ0n) is 14.7. The van der Waals surface area contributed by atoms with Crippen molar-refractivity contribution < 1.29 is 19.6 Å². The summed E-state index contributed by atoms with van der Waals surface area (Å²) in [5.74, 6) is -1.54. The van der Waals surface area contributed by atoms with Crippen LogP contribution >= 0.6 is 0 Å². The van der Waals surface area contributed by atoms with E-state index in [0.29, 0.717) is 12.0 Å². The first kappa shape index (κ1) is 20.2. The van der Waals surface area contributed by atoms with Crippen LogP contribution in [0.1, 0.15) is 43.1 Å². The molecule has 4 N–H and O–H groups in total. The lowest BCUT2D eigenvalue weighted by atomic mass is 9.75. The van der Waals surface area contributed by atoms with Gasteiger partial charge in [-0.3, -0.25) is 9.59 Å². The van der Waals surface area contributed by atoms with Crippen LogP contribution in [0.2, 0.25) is 0 Å². The van der Waals surface area contributed by atoms with E-state index in [2.05, 4.69) is 10.6 Å². The highest BCUT2D eigenvalue weighted by Gasteiger charge is 2.27. The molecule has 1 unspecified atom stereocenters. The molecule has 1 rings (SSSR count). The second-order valence-electron chi connectivity index (χ2n) is 6.64. The number of amides is 2. The van der Waals surface area contributed by atoms with Gasteiger partial charge in [-0.05, 0) is 31.4 Å². The van der Waals surface area contributed by atoms with Crippen molar-refractivity contribution >= 4 is 18.9 Å². The Labute approximate surface area is 143 Å². The summed E-state index contributed by atoms with van der Waals surface area (Å²) < 4.78 is 0. The predicted octanol–water partition coefficient (Wildman–Crippen LogP) is 0.904. The molecule has 2 amide bonds. The third kappa shape index (κ3) is 6.72. The summed E-state index contributed by atoms with van der Waals surface area (Å²) in [6, 6.07) is 7.17. The molecule has 24 heavy (non-hydrogen) atoms. The monoisotopic (exact) mass is 334 g/mol. The van der Waals surface area contributed by atoms with Crippen molar-refractivity contribution in [1.29, 1.82) is 0 Å². The number of carbonyl (C=O) groups is 2. The standard InChI is InChI=1S/C17H27BN2O4/c1-11(2)9-15(18(23)24)20-16(21)13(4)10-19-17(22)14-7-5-12(3)6-8-14/h5-8,11,13,15,23-24H,9-10H2,1-4H3,(H,19,22)(H,20,21)/t13-,15?/m0/s1. The van der Waals surface area contributed by atoms with Gasteiger partial charge in [0.25, 0.3) is 5.91 Å². The van der Waals surface area contributed by atoms with E-state index >= 15 is 0 Å². The number of hydrogen-bond donors (Lipinski definition) is 4. The predicted molar refractivity (Wildman–Crippen MR) is 94.3 cm³/mol. The van der Waals surface area contributed by atoms with E-state index in [1.165, 1.54) is 0 Å². The van der Waals surface area contributed by atoms with Gasteiger partial charge in [-0.2, -0.15) is 0 Å². The number of rotatable bonds is 8. The van der Waals surface area contributed by atoms with Gasteiger partial charge in [0.2, 0.25) is 5.91 Å². The molecule has 0 aliphatic carbocycles. The van der Waals surface area contributed by atoms with E-state index in [1.807, 2.05) is 32.9 Å². The van der Waals surface area contributed by atoms with Gasteiger partial charge >= 0.3 is 7.12 Å². The van der Waals surface area contributed by atoms with E-state index in [0.717, 1.165) is 5.56 Å². The summed E-state index contributed by atoms with van der Waals surface area (Å²) in [5, 5.41) is 24.0. The topological polar surface area (TPSA) is 98.7 Å². The molecule has 0 aliphatic rings. The Kier molecular flexibility index (Phi) is 7.94. The van der Waals surface area contributed by atoms with Crippen molar-refractivity contribution in [2.45, 2.75) is 40.1 Å². The zero-order valence-corrected chi connectivity index (χ0v) is 14.7. The Bertz CT molecular complexity index is 546. The maximum absolute atomic E-state index is 12.1. The molecule has 0 heterocycles. The van der Waals surface area contributed by atoms with Gasteiger partial charge in [-0.1, -0.05) is 38.5 Å². The highest BCUT2D eigenvalue weighted by Crippen LogP contribution is 2.07. The molecule has 1 aromatic rings. The van der Waals surface area contributed by atoms with Crippen LogP contribution in [-0.4, -0.2) is 41.5 Å². The molecule has 6 nitrogen and oxygen atoms in total. The van der Waals surface area contributed by atoms with Crippen molar-refractivity contribution in [3.8, 4) is 0 Å². The fraction of sp³-hybridized carbons (Fsp3) is 0.529. The minimum Gasteiger partial charge on any atom is -0.426 e. The number of aryl methyl sites for hydroxylation is 1. The highest BCUT2D eigenvalue weighted by molar-refractivity contribution is 6.43. The SMILES string of the molecule is Cc1ccc(C(=O)NC[C@H](C)C(=O)NC(CC(C)C)B(O)O)cc1. The average Bonchev–Trinajstić information content (AvgIpc) is 2.51. The normalized spacial score (nSPS) is 13.3. The molecule has 0 spiro atoms. The summed E-state index contributed by atoms with van der Waals surface area (Å²) in [4.78, 5) is 24.2. The summed E-state index contributed by atoms with van der Waals surface area (Å²) in [5.41, 5.74) is 1.61. The first-order valence-corrected chi connectivity index (χ1v) is 8.22. The maximum atomic E-state index is 12.1. The van der Waals surface area contributed by atoms with Crippen LogP contribution in [0.25, 0.3) is 0 Å². The molecule has 7 heteroatoms. The van der Waals surface area contributed by atoms with E-state index in [9.17, 15) is 19.6 Å². The van der Waals surface area contributed by atoms with Crippen LogP contribution in [0.5, 0.6) is 0 Å². The van der Waals surface area contributed by atoms with Crippen molar-refractivity contribution in [2.75, 3.05) is 6.54 Å².